The molecule has 0 N–H and O–H groups in total. The normalized spacial score (nSPS) is 16.0. The van der Waals surface area contributed by atoms with Gasteiger partial charge >= 0.3 is 5.97 Å². The van der Waals surface area contributed by atoms with Crippen LogP contribution in [0.25, 0.3) is 0 Å². The minimum atomic E-state index is -0.234. The van der Waals surface area contributed by atoms with Gasteiger partial charge in [-0.3, -0.25) is 4.79 Å². The minimum absolute atomic E-state index is 0.153. The third-order valence-corrected chi connectivity index (χ3v) is 4.03. The molecule has 2 unspecified atom stereocenters. The van der Waals surface area contributed by atoms with Gasteiger partial charge in [0, 0.05) is 4.83 Å². The van der Waals surface area contributed by atoms with Gasteiger partial charge in [0.1, 0.15) is 4.83 Å². The van der Waals surface area contributed by atoms with Crippen molar-refractivity contribution in [3.8, 4) is 0 Å². The van der Waals surface area contributed by atoms with Crippen LogP contribution in [0.3, 0.4) is 0 Å². The van der Waals surface area contributed by atoms with Gasteiger partial charge in [-0.25, -0.2) is 0 Å². The number of alkyl halides is 2. The van der Waals surface area contributed by atoms with Gasteiger partial charge in [-0.2, -0.15) is 0 Å². The average Bonchev–Trinajstić information content (AvgIpc) is 2.00. The van der Waals surface area contributed by atoms with Gasteiger partial charge in [-0.1, -0.05) is 38.8 Å². The number of rotatable bonds is 3. The Hall–Kier alpha value is 0.430. The fourth-order valence-electron chi connectivity index (χ4n) is 0.467. The van der Waals surface area contributed by atoms with Crippen LogP contribution in [0.1, 0.15) is 13.3 Å². The molecule has 0 aromatic rings. The largest absolute Gasteiger partial charge is 0.468 e. The maximum atomic E-state index is 10.8. The fourth-order valence-corrected chi connectivity index (χ4v) is 1.24. The van der Waals surface area contributed by atoms with Crippen LogP contribution in [-0.2, 0) is 9.53 Å². The molecule has 0 fully saturated rings. The number of carbonyl (C=O) groups is 1. The summed E-state index contributed by atoms with van der Waals surface area (Å²) in [6.45, 7) is 2.00. The highest BCUT2D eigenvalue weighted by molar-refractivity contribution is 9.12. The number of carbonyl (C=O) groups excluding carboxylic acids is 1. The molecule has 60 valence electrons. The van der Waals surface area contributed by atoms with E-state index in [1.165, 1.54) is 7.11 Å². The summed E-state index contributed by atoms with van der Waals surface area (Å²) in [6, 6.07) is 0. The van der Waals surface area contributed by atoms with Crippen molar-refractivity contribution in [2.45, 2.75) is 23.0 Å². The lowest BCUT2D eigenvalue weighted by Gasteiger charge is -2.11. The van der Waals surface area contributed by atoms with E-state index in [0.29, 0.717) is 0 Å². The third-order valence-electron chi connectivity index (χ3n) is 1.13. The van der Waals surface area contributed by atoms with Crippen molar-refractivity contribution in [1.82, 2.24) is 0 Å². The van der Waals surface area contributed by atoms with E-state index in [0.717, 1.165) is 6.42 Å². The molecule has 0 aliphatic heterocycles. The molecule has 0 aliphatic rings. The van der Waals surface area contributed by atoms with Gasteiger partial charge in [0.05, 0.1) is 7.11 Å². The van der Waals surface area contributed by atoms with Gasteiger partial charge in [-0.05, 0) is 6.42 Å². The number of hydrogen-bond acceptors (Lipinski definition) is 2. The zero-order valence-electron chi connectivity index (χ0n) is 5.93. The predicted octanol–water partition coefficient (Wildman–Crippen LogP) is 2.10. The Morgan fingerprint density at radius 1 is 1.60 bits per heavy atom. The maximum absolute atomic E-state index is 10.8. The summed E-state index contributed by atoms with van der Waals surface area (Å²) in [5.41, 5.74) is 0. The summed E-state index contributed by atoms with van der Waals surface area (Å²) in [6.07, 6.45) is 0.894. The number of esters is 1. The highest BCUT2D eigenvalue weighted by Crippen LogP contribution is 2.18. The Bertz CT molecular complexity index is 116. The van der Waals surface area contributed by atoms with Gasteiger partial charge in [0.25, 0.3) is 0 Å². The standard InChI is InChI=1S/C6H10Br2O2/c1-3-4(7)5(8)6(9)10-2/h4-5H,3H2,1-2H3. The zero-order valence-corrected chi connectivity index (χ0v) is 9.11. The van der Waals surface area contributed by atoms with Gasteiger partial charge in [0.15, 0.2) is 0 Å². The van der Waals surface area contributed by atoms with Crippen LogP contribution in [0.4, 0.5) is 0 Å². The van der Waals surface area contributed by atoms with Crippen molar-refractivity contribution < 1.29 is 9.53 Å². The highest BCUT2D eigenvalue weighted by Gasteiger charge is 2.22. The van der Waals surface area contributed by atoms with E-state index >= 15 is 0 Å². The van der Waals surface area contributed by atoms with Crippen LogP contribution in [0.2, 0.25) is 0 Å². The average molecular weight is 274 g/mol. The molecule has 0 bridgehead atoms. The van der Waals surface area contributed by atoms with Crippen molar-refractivity contribution in [3.05, 3.63) is 0 Å². The van der Waals surface area contributed by atoms with Crippen molar-refractivity contribution >= 4 is 37.8 Å². The highest BCUT2D eigenvalue weighted by atomic mass is 79.9. The molecule has 4 heteroatoms. The lowest BCUT2D eigenvalue weighted by Crippen LogP contribution is -2.24. The Morgan fingerprint density at radius 2 is 2.10 bits per heavy atom. The summed E-state index contributed by atoms with van der Waals surface area (Å²) in [7, 11) is 1.38. The van der Waals surface area contributed by atoms with Crippen LogP contribution < -0.4 is 0 Å². The van der Waals surface area contributed by atoms with Crippen molar-refractivity contribution in [3.63, 3.8) is 0 Å². The molecule has 0 saturated carbocycles. The monoisotopic (exact) mass is 272 g/mol. The van der Waals surface area contributed by atoms with Gasteiger partial charge in [-0.15, -0.1) is 0 Å². The number of methoxy groups -OCH3 is 1. The van der Waals surface area contributed by atoms with E-state index in [9.17, 15) is 4.79 Å². The molecule has 0 aromatic carbocycles. The van der Waals surface area contributed by atoms with E-state index in [1.807, 2.05) is 6.92 Å². The molecule has 0 spiro atoms. The second-order valence-electron chi connectivity index (χ2n) is 1.85. The third kappa shape index (κ3) is 3.01. The second-order valence-corrected chi connectivity index (χ2v) is 4.01. The van der Waals surface area contributed by atoms with E-state index in [2.05, 4.69) is 36.6 Å². The first-order valence-electron chi connectivity index (χ1n) is 2.99. The summed E-state index contributed by atoms with van der Waals surface area (Å²) in [4.78, 5) is 10.7. The smallest absolute Gasteiger partial charge is 0.320 e. The quantitative estimate of drug-likeness (QED) is 0.582. The maximum Gasteiger partial charge on any atom is 0.320 e. The summed E-state index contributed by atoms with van der Waals surface area (Å²) in [5.74, 6) is -0.233. The Labute approximate surface area is 77.6 Å². The molecule has 2 atom stereocenters. The van der Waals surface area contributed by atoms with E-state index in [-0.39, 0.29) is 15.6 Å². The molecular weight excluding hydrogens is 264 g/mol. The molecule has 0 heterocycles. The molecule has 2 nitrogen and oxygen atoms in total. The molecule has 10 heavy (non-hydrogen) atoms. The topological polar surface area (TPSA) is 26.3 Å². The summed E-state index contributed by atoms with van der Waals surface area (Å²) >= 11 is 6.54. The van der Waals surface area contributed by atoms with Crippen LogP contribution in [0.15, 0.2) is 0 Å². The predicted molar refractivity (Wildman–Crippen MR) is 47.7 cm³/mol. The summed E-state index contributed by atoms with van der Waals surface area (Å²) in [5, 5.41) is 0. The van der Waals surface area contributed by atoms with Crippen LogP contribution >= 0.6 is 31.9 Å². The second kappa shape index (κ2) is 5.13. The first-order chi connectivity index (χ1) is 4.63. The molecule has 0 aliphatic carbocycles. The number of ether oxygens (including phenoxy) is 1. The minimum Gasteiger partial charge on any atom is -0.468 e. The van der Waals surface area contributed by atoms with Crippen LogP contribution in [0, 0.1) is 0 Å². The zero-order chi connectivity index (χ0) is 8.15. The van der Waals surface area contributed by atoms with Gasteiger partial charge in [0.2, 0.25) is 0 Å². The molecule has 0 rings (SSSR count). The molecule has 0 aromatic heterocycles. The first kappa shape index (κ1) is 10.4. The number of halogens is 2. The Balaban J connectivity index is 3.81. The van der Waals surface area contributed by atoms with E-state index in [1.54, 1.807) is 0 Å². The first-order valence-corrected chi connectivity index (χ1v) is 4.82. The van der Waals surface area contributed by atoms with E-state index in [4.69, 9.17) is 0 Å². The van der Waals surface area contributed by atoms with Crippen molar-refractivity contribution in [1.29, 1.82) is 0 Å². The van der Waals surface area contributed by atoms with Crippen molar-refractivity contribution in [2.75, 3.05) is 7.11 Å². The van der Waals surface area contributed by atoms with E-state index < -0.39 is 0 Å². The molecular formula is C6H10Br2O2. The van der Waals surface area contributed by atoms with Gasteiger partial charge < -0.3 is 4.74 Å². The SMILES string of the molecule is CCC(Br)C(Br)C(=O)OC. The number of hydrogen-bond donors (Lipinski definition) is 0. The Morgan fingerprint density at radius 3 is 2.40 bits per heavy atom. The molecule has 0 amide bonds. The lowest BCUT2D eigenvalue weighted by molar-refractivity contribution is -0.139. The lowest BCUT2D eigenvalue weighted by atomic mass is 10.2. The Kier molecular flexibility index (Phi) is 5.35. The van der Waals surface area contributed by atoms with Crippen LogP contribution in [0.5, 0.6) is 0 Å². The fraction of sp³-hybridized carbons (Fsp3) is 0.833. The van der Waals surface area contributed by atoms with Crippen molar-refractivity contribution in [2.24, 2.45) is 0 Å². The summed E-state index contributed by atoms with van der Waals surface area (Å²) < 4.78 is 4.52. The van der Waals surface area contributed by atoms with Crippen LogP contribution in [-0.4, -0.2) is 22.7 Å². The molecule has 0 saturated heterocycles. The molecule has 0 radical (unpaired) electrons.